The highest BCUT2D eigenvalue weighted by Crippen LogP contribution is 2.51. The third-order valence-corrected chi connectivity index (χ3v) is 6.49. The first-order valence-corrected chi connectivity index (χ1v) is 9.98. The van der Waals surface area contributed by atoms with Gasteiger partial charge < -0.3 is 4.74 Å². The summed E-state index contributed by atoms with van der Waals surface area (Å²) in [6, 6.07) is 2.65. The summed E-state index contributed by atoms with van der Waals surface area (Å²) in [7, 11) is -2.22. The van der Waals surface area contributed by atoms with Crippen LogP contribution in [-0.4, -0.2) is 39.1 Å². The molecular weight excluding hydrogens is 344 g/mol. The number of methoxy groups -OCH3 is 1. The molecule has 6 nitrogen and oxygen atoms in total. The number of sulfone groups is 1. The van der Waals surface area contributed by atoms with E-state index in [1.54, 1.807) is 13.8 Å². The third-order valence-electron chi connectivity index (χ3n) is 5.37. The molecule has 25 heavy (non-hydrogen) atoms. The Hall–Kier alpha value is -2.02. The van der Waals surface area contributed by atoms with Gasteiger partial charge in [-0.25, -0.2) is 8.42 Å². The van der Waals surface area contributed by atoms with E-state index in [1.165, 1.54) is 19.2 Å². The van der Waals surface area contributed by atoms with E-state index in [0.717, 1.165) is 6.26 Å². The number of fused-ring (bicyclic) bond motifs is 1. The first kappa shape index (κ1) is 17.8. The maximum Gasteiger partial charge on any atom is 0.181 e. The molecule has 0 heterocycles. The molecule has 0 spiro atoms. The van der Waals surface area contributed by atoms with Crippen LogP contribution in [0.25, 0.3) is 0 Å². The van der Waals surface area contributed by atoms with Crippen LogP contribution in [-0.2, 0) is 19.4 Å². The molecule has 2 fully saturated rings. The number of hydrogen-bond acceptors (Lipinski definition) is 6. The first-order valence-electron chi connectivity index (χ1n) is 8.09. The Morgan fingerprint density at radius 3 is 2.40 bits per heavy atom. The summed E-state index contributed by atoms with van der Waals surface area (Å²) in [5, 5.41) is 0. The van der Waals surface area contributed by atoms with Gasteiger partial charge >= 0.3 is 0 Å². The third kappa shape index (κ3) is 2.70. The molecule has 0 aromatic heterocycles. The molecule has 2 aliphatic rings. The Kier molecular flexibility index (Phi) is 4.10. The molecule has 0 amide bonds. The van der Waals surface area contributed by atoms with Gasteiger partial charge in [0.2, 0.25) is 0 Å². The van der Waals surface area contributed by atoms with E-state index in [0.29, 0.717) is 12.0 Å². The van der Waals surface area contributed by atoms with Crippen molar-refractivity contribution in [3.05, 3.63) is 23.3 Å². The largest absolute Gasteiger partial charge is 0.495 e. The molecule has 2 saturated carbocycles. The molecule has 0 aliphatic heterocycles. The lowest BCUT2D eigenvalue weighted by atomic mass is 9.76. The quantitative estimate of drug-likeness (QED) is 0.595. The molecule has 3 rings (SSSR count). The molecule has 0 bridgehead atoms. The maximum atomic E-state index is 12.9. The first-order chi connectivity index (χ1) is 11.6. The molecule has 1 aromatic rings. The van der Waals surface area contributed by atoms with Crippen molar-refractivity contribution in [3.8, 4) is 5.75 Å². The van der Waals surface area contributed by atoms with Gasteiger partial charge in [0.1, 0.15) is 16.6 Å². The van der Waals surface area contributed by atoms with E-state index in [9.17, 15) is 22.8 Å². The lowest BCUT2D eigenvalue weighted by Gasteiger charge is -2.24. The van der Waals surface area contributed by atoms with E-state index in [2.05, 4.69) is 0 Å². The molecule has 2 aliphatic carbocycles. The van der Waals surface area contributed by atoms with E-state index in [1.807, 2.05) is 0 Å². The smallest absolute Gasteiger partial charge is 0.181 e. The molecule has 7 heteroatoms. The number of carbonyl (C=O) groups is 3. The summed E-state index contributed by atoms with van der Waals surface area (Å²) in [5.41, 5.74) is 0.476. The van der Waals surface area contributed by atoms with Crippen molar-refractivity contribution < 1.29 is 27.5 Å². The van der Waals surface area contributed by atoms with Gasteiger partial charge in [-0.2, -0.15) is 0 Å². The number of Topliss-reactive ketones (excluding diaryl/α,β-unsaturated/α-hetero) is 3. The monoisotopic (exact) mass is 364 g/mol. The van der Waals surface area contributed by atoms with Gasteiger partial charge in [-0.1, -0.05) is 6.92 Å². The zero-order chi connectivity index (χ0) is 18.7. The standard InChI is InChI=1S/C18H20O6S/c1-8-11-7-12(11)17(21)14(15(8)19)16(20)10-5-6-13(25(4,22)23)18(24-3)9(10)2/h5-6,8,11-12,14H,7H2,1-4H3. The van der Waals surface area contributed by atoms with Gasteiger partial charge in [-0.05, 0) is 31.4 Å². The number of hydrogen-bond donors (Lipinski definition) is 0. The van der Waals surface area contributed by atoms with Crippen molar-refractivity contribution in [1.82, 2.24) is 0 Å². The van der Waals surface area contributed by atoms with Crippen LogP contribution in [0.2, 0.25) is 0 Å². The molecule has 1 aromatic carbocycles. The summed E-state index contributed by atoms with van der Waals surface area (Å²) >= 11 is 0. The Morgan fingerprint density at radius 1 is 1.20 bits per heavy atom. The summed E-state index contributed by atoms with van der Waals surface area (Å²) in [6.07, 6.45) is 1.72. The number of benzene rings is 1. The number of ether oxygens (including phenoxy) is 1. The normalized spacial score (nSPS) is 28.5. The Bertz CT molecular complexity index is 898. The number of ketones is 3. The van der Waals surface area contributed by atoms with Gasteiger partial charge in [0.25, 0.3) is 0 Å². The predicted octanol–water partition coefficient (Wildman–Crippen LogP) is 1.63. The summed E-state index contributed by atoms with van der Waals surface area (Å²) in [5.74, 6) is -2.83. The van der Waals surface area contributed by atoms with Gasteiger partial charge in [-0.15, -0.1) is 0 Å². The Morgan fingerprint density at radius 2 is 1.84 bits per heavy atom. The average Bonchev–Trinajstić information content (AvgIpc) is 3.32. The van der Waals surface area contributed by atoms with Crippen molar-refractivity contribution in [1.29, 1.82) is 0 Å². The van der Waals surface area contributed by atoms with E-state index < -0.39 is 21.5 Å². The second-order valence-electron chi connectivity index (χ2n) is 6.94. The Labute approximate surface area is 146 Å². The van der Waals surface area contributed by atoms with Crippen LogP contribution in [0.4, 0.5) is 0 Å². The highest BCUT2D eigenvalue weighted by atomic mass is 32.2. The van der Waals surface area contributed by atoms with Gasteiger partial charge in [0.05, 0.1) is 7.11 Å². The topological polar surface area (TPSA) is 94.6 Å². The van der Waals surface area contributed by atoms with Crippen LogP contribution < -0.4 is 4.74 Å². The number of carbonyl (C=O) groups excluding carboxylic acids is 3. The highest BCUT2D eigenvalue weighted by Gasteiger charge is 2.58. The zero-order valence-corrected chi connectivity index (χ0v) is 15.3. The molecule has 4 unspecified atom stereocenters. The zero-order valence-electron chi connectivity index (χ0n) is 14.5. The van der Waals surface area contributed by atoms with Crippen LogP contribution in [0, 0.1) is 30.6 Å². The SMILES string of the molecule is COc1c(S(C)(=O)=O)ccc(C(=O)C2C(=O)C(C)C3CC3C2=O)c1C. The van der Waals surface area contributed by atoms with Crippen molar-refractivity contribution in [3.63, 3.8) is 0 Å². The van der Waals surface area contributed by atoms with E-state index in [-0.39, 0.29) is 45.5 Å². The van der Waals surface area contributed by atoms with E-state index >= 15 is 0 Å². The lowest BCUT2D eigenvalue weighted by molar-refractivity contribution is -0.136. The van der Waals surface area contributed by atoms with Crippen molar-refractivity contribution in [2.24, 2.45) is 23.7 Å². The molecule has 0 saturated heterocycles. The predicted molar refractivity (Wildman–Crippen MR) is 89.4 cm³/mol. The van der Waals surface area contributed by atoms with Gasteiger partial charge in [-0.3, -0.25) is 14.4 Å². The minimum atomic E-state index is -3.54. The van der Waals surface area contributed by atoms with Crippen LogP contribution in [0.15, 0.2) is 17.0 Å². The number of rotatable bonds is 4. The van der Waals surface area contributed by atoms with Crippen LogP contribution in [0.3, 0.4) is 0 Å². The second-order valence-corrected chi connectivity index (χ2v) is 8.92. The van der Waals surface area contributed by atoms with Crippen molar-refractivity contribution in [2.75, 3.05) is 13.4 Å². The maximum absolute atomic E-state index is 12.9. The minimum absolute atomic E-state index is 0.0269. The van der Waals surface area contributed by atoms with Crippen LogP contribution >= 0.6 is 0 Å². The summed E-state index contributed by atoms with van der Waals surface area (Å²) < 4.78 is 28.9. The van der Waals surface area contributed by atoms with Crippen LogP contribution in [0.5, 0.6) is 5.75 Å². The van der Waals surface area contributed by atoms with Crippen molar-refractivity contribution in [2.45, 2.75) is 25.2 Å². The fourth-order valence-electron chi connectivity index (χ4n) is 3.82. The highest BCUT2D eigenvalue weighted by molar-refractivity contribution is 7.90. The fraction of sp³-hybridized carbons (Fsp3) is 0.500. The average molecular weight is 364 g/mol. The molecule has 0 N–H and O–H groups in total. The molecule has 134 valence electrons. The summed E-state index contributed by atoms with van der Waals surface area (Å²) in [6.45, 7) is 3.32. The minimum Gasteiger partial charge on any atom is -0.495 e. The Balaban J connectivity index is 2.06. The van der Waals surface area contributed by atoms with Gasteiger partial charge in [0, 0.05) is 29.2 Å². The molecular formula is C18H20O6S. The molecule has 4 atom stereocenters. The fourth-order valence-corrected chi connectivity index (χ4v) is 4.70. The summed E-state index contributed by atoms with van der Waals surface area (Å²) in [4.78, 5) is 37.9. The van der Waals surface area contributed by atoms with Crippen molar-refractivity contribution >= 4 is 27.2 Å². The van der Waals surface area contributed by atoms with E-state index in [4.69, 9.17) is 4.74 Å². The van der Waals surface area contributed by atoms with Gasteiger partial charge in [0.15, 0.2) is 27.2 Å². The lowest BCUT2D eigenvalue weighted by Crippen LogP contribution is -2.41. The van der Waals surface area contributed by atoms with Crippen LogP contribution in [0.1, 0.15) is 29.3 Å². The second kappa shape index (κ2) is 5.76. The molecule has 0 radical (unpaired) electrons.